The largest absolute Gasteiger partial charge is 0.405 e. The van der Waals surface area contributed by atoms with E-state index in [-0.39, 0.29) is 0 Å². The van der Waals surface area contributed by atoms with E-state index in [2.05, 4.69) is 20.8 Å². The summed E-state index contributed by atoms with van der Waals surface area (Å²) in [4.78, 5) is 10.2. The van der Waals surface area contributed by atoms with Crippen LogP contribution in [0.4, 0.5) is 0 Å². The Bertz CT molecular complexity index is 275. The number of unbranched alkanes of at least 4 members (excludes halogenated alkanes) is 8. The van der Waals surface area contributed by atoms with Gasteiger partial charge in [0.1, 0.15) is 0 Å². The van der Waals surface area contributed by atoms with Crippen molar-refractivity contribution in [3.05, 3.63) is 0 Å². The molecule has 0 aromatic rings. The Labute approximate surface area is 138 Å². The van der Waals surface area contributed by atoms with Gasteiger partial charge in [-0.05, 0) is 19.3 Å². The second kappa shape index (κ2) is 14.7. The lowest BCUT2D eigenvalue weighted by Gasteiger charge is -2.26. The summed E-state index contributed by atoms with van der Waals surface area (Å²) in [6.45, 7) is 8.21. The molecule has 134 valence electrons. The Morgan fingerprint density at radius 3 is 1.68 bits per heavy atom. The van der Waals surface area contributed by atoms with E-state index in [1.165, 1.54) is 25.7 Å². The van der Waals surface area contributed by atoms with Crippen molar-refractivity contribution in [1.29, 1.82) is 0 Å². The van der Waals surface area contributed by atoms with Crippen LogP contribution < -0.4 is 0 Å². The molecule has 0 fully saturated rings. The summed E-state index contributed by atoms with van der Waals surface area (Å²) in [5, 5.41) is 0. The minimum Gasteiger partial charge on any atom is -0.312 e. The third-order valence-electron chi connectivity index (χ3n) is 3.90. The van der Waals surface area contributed by atoms with Gasteiger partial charge in [0.25, 0.3) is 0 Å². The predicted molar refractivity (Wildman–Crippen MR) is 95.2 cm³/mol. The minimum absolute atomic E-state index is 0.391. The van der Waals surface area contributed by atoms with Crippen molar-refractivity contribution >= 4 is 7.75 Å². The van der Waals surface area contributed by atoms with Crippen molar-refractivity contribution in [2.75, 3.05) is 19.7 Å². The van der Waals surface area contributed by atoms with Gasteiger partial charge in [0.05, 0.1) is 6.61 Å². The molecule has 22 heavy (non-hydrogen) atoms. The standard InChI is InChI=1S/C17H38NO3P/c1-4-7-10-12-15-18(16-13-11-8-5-2)22(19,20)21-17-14-9-6-3/h4-17H2,1-3H3,(H,19,20). The van der Waals surface area contributed by atoms with Gasteiger partial charge in [0.15, 0.2) is 0 Å². The third kappa shape index (κ3) is 11.6. The van der Waals surface area contributed by atoms with Gasteiger partial charge in [0.2, 0.25) is 0 Å². The molecule has 0 spiro atoms. The first-order valence-corrected chi connectivity index (χ1v) is 10.8. The van der Waals surface area contributed by atoms with Gasteiger partial charge in [-0.25, -0.2) is 9.24 Å². The lowest BCUT2D eigenvalue weighted by molar-refractivity contribution is 0.194. The Balaban J connectivity index is 4.27. The highest BCUT2D eigenvalue weighted by Crippen LogP contribution is 2.46. The normalized spacial score (nSPS) is 14.4. The Morgan fingerprint density at radius 2 is 1.23 bits per heavy atom. The zero-order chi connectivity index (χ0) is 16.7. The average Bonchev–Trinajstić information content (AvgIpc) is 2.50. The van der Waals surface area contributed by atoms with E-state index >= 15 is 0 Å². The molecular weight excluding hydrogens is 297 g/mol. The Morgan fingerprint density at radius 1 is 0.773 bits per heavy atom. The number of hydrogen-bond acceptors (Lipinski definition) is 2. The molecule has 0 aliphatic carbocycles. The van der Waals surface area contributed by atoms with Gasteiger partial charge in [-0.2, -0.15) is 0 Å². The first kappa shape index (κ1) is 22.1. The highest BCUT2D eigenvalue weighted by molar-refractivity contribution is 7.50. The van der Waals surface area contributed by atoms with Crippen molar-refractivity contribution < 1.29 is 14.0 Å². The van der Waals surface area contributed by atoms with Gasteiger partial charge in [0, 0.05) is 13.1 Å². The fourth-order valence-corrected chi connectivity index (χ4v) is 3.74. The van der Waals surface area contributed by atoms with Crippen LogP contribution >= 0.6 is 7.75 Å². The zero-order valence-electron chi connectivity index (χ0n) is 15.1. The molecule has 0 heterocycles. The van der Waals surface area contributed by atoms with E-state index in [9.17, 15) is 9.46 Å². The Kier molecular flexibility index (Phi) is 14.8. The molecule has 0 aliphatic heterocycles. The minimum atomic E-state index is -3.61. The summed E-state index contributed by atoms with van der Waals surface area (Å²) in [6.07, 6.45) is 11.9. The van der Waals surface area contributed by atoms with Crippen LogP contribution in [0, 0.1) is 0 Å². The number of rotatable bonds is 16. The van der Waals surface area contributed by atoms with Gasteiger partial charge < -0.3 is 4.89 Å². The quantitative estimate of drug-likeness (QED) is 0.288. The average molecular weight is 335 g/mol. The van der Waals surface area contributed by atoms with Crippen molar-refractivity contribution in [1.82, 2.24) is 4.67 Å². The first-order chi connectivity index (χ1) is 10.6. The van der Waals surface area contributed by atoms with E-state index in [4.69, 9.17) is 4.52 Å². The molecule has 1 N–H and O–H groups in total. The summed E-state index contributed by atoms with van der Waals surface area (Å²) in [5.41, 5.74) is 0. The SMILES string of the molecule is CCCCCCN(CCCCCC)P(=O)(O)OCCCCC. The molecule has 4 nitrogen and oxygen atoms in total. The van der Waals surface area contributed by atoms with Crippen LogP contribution in [0.25, 0.3) is 0 Å². The molecule has 0 aromatic heterocycles. The van der Waals surface area contributed by atoms with Gasteiger partial charge in [-0.15, -0.1) is 0 Å². The maximum atomic E-state index is 12.5. The number of hydrogen-bond donors (Lipinski definition) is 1. The molecule has 5 heteroatoms. The monoisotopic (exact) mass is 335 g/mol. The summed E-state index contributed by atoms with van der Waals surface area (Å²) in [7, 11) is -3.61. The molecule has 1 unspecified atom stereocenters. The molecular formula is C17H38NO3P. The van der Waals surface area contributed by atoms with Crippen LogP contribution in [-0.2, 0) is 9.09 Å². The van der Waals surface area contributed by atoms with E-state index in [1.807, 2.05) is 0 Å². The molecule has 0 radical (unpaired) electrons. The van der Waals surface area contributed by atoms with Crippen molar-refractivity contribution in [2.45, 2.75) is 91.4 Å². The van der Waals surface area contributed by atoms with Crippen LogP contribution in [0.5, 0.6) is 0 Å². The van der Waals surface area contributed by atoms with E-state index in [1.54, 1.807) is 4.67 Å². The van der Waals surface area contributed by atoms with Crippen LogP contribution in [-0.4, -0.2) is 29.3 Å². The molecule has 0 saturated carbocycles. The van der Waals surface area contributed by atoms with Crippen LogP contribution in [0.1, 0.15) is 91.4 Å². The van der Waals surface area contributed by atoms with Crippen LogP contribution in [0.3, 0.4) is 0 Å². The van der Waals surface area contributed by atoms with Crippen molar-refractivity contribution in [2.24, 2.45) is 0 Å². The number of nitrogens with zero attached hydrogens (tertiary/aromatic N) is 1. The highest BCUT2D eigenvalue weighted by atomic mass is 31.2. The molecule has 1 atom stereocenters. The molecule has 0 aromatic carbocycles. The fraction of sp³-hybridized carbons (Fsp3) is 1.00. The molecule has 0 aliphatic rings. The zero-order valence-corrected chi connectivity index (χ0v) is 16.0. The predicted octanol–water partition coefficient (Wildman–Crippen LogP) is 5.76. The van der Waals surface area contributed by atoms with Crippen molar-refractivity contribution in [3.8, 4) is 0 Å². The van der Waals surface area contributed by atoms with E-state index < -0.39 is 7.75 Å². The summed E-state index contributed by atoms with van der Waals surface area (Å²) < 4.78 is 19.5. The van der Waals surface area contributed by atoms with Gasteiger partial charge in [-0.1, -0.05) is 72.1 Å². The molecule has 0 bridgehead atoms. The second-order valence-corrected chi connectivity index (χ2v) is 7.91. The third-order valence-corrected chi connectivity index (χ3v) is 5.54. The second-order valence-electron chi connectivity index (χ2n) is 6.11. The molecule has 0 amide bonds. The van der Waals surface area contributed by atoms with E-state index in [0.717, 1.165) is 44.9 Å². The van der Waals surface area contributed by atoms with Gasteiger partial charge in [-0.3, -0.25) is 4.52 Å². The smallest absolute Gasteiger partial charge is 0.312 e. The lowest BCUT2D eigenvalue weighted by Crippen LogP contribution is -2.24. The van der Waals surface area contributed by atoms with Gasteiger partial charge >= 0.3 is 7.75 Å². The maximum absolute atomic E-state index is 12.5. The lowest BCUT2D eigenvalue weighted by atomic mass is 10.2. The molecule has 0 rings (SSSR count). The Hall–Kier alpha value is 0.110. The summed E-state index contributed by atoms with van der Waals surface area (Å²) in [5.74, 6) is 0. The van der Waals surface area contributed by atoms with Crippen LogP contribution in [0.2, 0.25) is 0 Å². The summed E-state index contributed by atoms with van der Waals surface area (Å²) in [6, 6.07) is 0. The van der Waals surface area contributed by atoms with Crippen molar-refractivity contribution in [3.63, 3.8) is 0 Å². The molecule has 0 saturated heterocycles. The topological polar surface area (TPSA) is 49.8 Å². The first-order valence-electron chi connectivity index (χ1n) is 9.31. The maximum Gasteiger partial charge on any atom is 0.405 e. The van der Waals surface area contributed by atoms with E-state index in [0.29, 0.717) is 19.7 Å². The fourth-order valence-electron chi connectivity index (χ4n) is 2.42. The highest BCUT2D eigenvalue weighted by Gasteiger charge is 2.28. The van der Waals surface area contributed by atoms with Crippen LogP contribution in [0.15, 0.2) is 0 Å². The summed E-state index contributed by atoms with van der Waals surface area (Å²) >= 11 is 0.